The standard InChI is InChI=1S/C16H25N2O5P/c1-4-14(15(17)19)18-16(20)13-9-7-12(8-10-13)11-24(21,22-5-2)23-6-3/h7-10,14H,4-6,11H2,1-3H3,(H2,17,19)(H,18,20)/t14-/m1/s1. The maximum absolute atomic E-state index is 12.5. The van der Waals surface area contributed by atoms with E-state index in [0.717, 1.165) is 5.56 Å². The van der Waals surface area contributed by atoms with Gasteiger partial charge >= 0.3 is 7.60 Å². The van der Waals surface area contributed by atoms with Gasteiger partial charge in [0.1, 0.15) is 6.04 Å². The summed E-state index contributed by atoms with van der Waals surface area (Å²) in [5, 5.41) is 2.57. The highest BCUT2D eigenvalue weighted by Gasteiger charge is 2.24. The van der Waals surface area contributed by atoms with Crippen molar-refractivity contribution >= 4 is 19.4 Å². The van der Waals surface area contributed by atoms with Crippen LogP contribution in [0, 0.1) is 0 Å². The highest BCUT2D eigenvalue weighted by atomic mass is 31.2. The van der Waals surface area contributed by atoms with E-state index >= 15 is 0 Å². The molecule has 134 valence electrons. The van der Waals surface area contributed by atoms with Crippen molar-refractivity contribution < 1.29 is 23.2 Å². The van der Waals surface area contributed by atoms with Crippen LogP contribution in [0.5, 0.6) is 0 Å². The lowest BCUT2D eigenvalue weighted by Gasteiger charge is -2.17. The molecule has 0 radical (unpaired) electrons. The van der Waals surface area contributed by atoms with E-state index in [2.05, 4.69) is 5.32 Å². The van der Waals surface area contributed by atoms with Gasteiger partial charge in [0.15, 0.2) is 0 Å². The molecule has 0 aliphatic rings. The molecule has 0 bridgehead atoms. The smallest absolute Gasteiger partial charge is 0.335 e. The lowest BCUT2D eigenvalue weighted by molar-refractivity contribution is -0.119. The number of carbonyl (C=O) groups is 2. The normalized spacial score (nSPS) is 12.6. The van der Waals surface area contributed by atoms with Gasteiger partial charge < -0.3 is 20.1 Å². The maximum atomic E-state index is 12.5. The Labute approximate surface area is 142 Å². The first kappa shape index (κ1) is 20.4. The van der Waals surface area contributed by atoms with Crippen LogP contribution in [0.25, 0.3) is 0 Å². The number of nitrogens with one attached hydrogen (secondary N) is 1. The van der Waals surface area contributed by atoms with E-state index in [-0.39, 0.29) is 12.1 Å². The molecule has 0 unspecified atom stereocenters. The summed E-state index contributed by atoms with van der Waals surface area (Å²) in [6.07, 6.45) is 0.556. The van der Waals surface area contributed by atoms with Crippen molar-refractivity contribution in [3.63, 3.8) is 0 Å². The van der Waals surface area contributed by atoms with Gasteiger partial charge in [-0.05, 0) is 38.0 Å². The number of nitrogens with two attached hydrogens (primary N) is 1. The van der Waals surface area contributed by atoms with E-state index in [9.17, 15) is 14.2 Å². The molecule has 1 aromatic carbocycles. The second-order valence-corrected chi connectivity index (χ2v) is 7.19. The molecule has 1 aromatic rings. The number of carbonyl (C=O) groups excluding carboxylic acids is 2. The summed E-state index contributed by atoms with van der Waals surface area (Å²) in [7, 11) is -3.18. The molecule has 0 spiro atoms. The van der Waals surface area contributed by atoms with E-state index in [1.54, 1.807) is 45.0 Å². The zero-order valence-corrected chi connectivity index (χ0v) is 15.2. The topological polar surface area (TPSA) is 108 Å². The Kier molecular flexibility index (Phi) is 8.11. The third kappa shape index (κ3) is 6.07. The molecule has 2 amide bonds. The summed E-state index contributed by atoms with van der Waals surface area (Å²) in [6.45, 7) is 5.86. The molecule has 0 aliphatic carbocycles. The SMILES string of the molecule is CCOP(=O)(Cc1ccc(C(=O)N[C@H](CC)C(N)=O)cc1)OCC. The minimum atomic E-state index is -3.18. The summed E-state index contributed by atoms with van der Waals surface area (Å²) in [5.41, 5.74) is 6.34. The fourth-order valence-corrected chi connectivity index (χ4v) is 3.82. The second kappa shape index (κ2) is 9.57. The molecule has 24 heavy (non-hydrogen) atoms. The van der Waals surface area contributed by atoms with E-state index in [1.807, 2.05) is 0 Å². The summed E-state index contributed by atoms with van der Waals surface area (Å²) in [5.74, 6) is -0.957. The van der Waals surface area contributed by atoms with Crippen molar-refractivity contribution in [3.05, 3.63) is 35.4 Å². The summed E-state index contributed by atoms with van der Waals surface area (Å²) < 4.78 is 23.0. The molecule has 0 aromatic heterocycles. The van der Waals surface area contributed by atoms with E-state index in [4.69, 9.17) is 14.8 Å². The lowest BCUT2D eigenvalue weighted by atomic mass is 10.1. The Hall–Kier alpha value is -1.69. The maximum Gasteiger partial charge on any atom is 0.335 e. The van der Waals surface area contributed by atoms with Crippen LogP contribution >= 0.6 is 7.60 Å². The molecule has 0 saturated carbocycles. The number of hydrogen-bond acceptors (Lipinski definition) is 5. The zero-order valence-electron chi connectivity index (χ0n) is 14.3. The number of benzene rings is 1. The van der Waals surface area contributed by atoms with Crippen molar-refractivity contribution in [2.75, 3.05) is 13.2 Å². The van der Waals surface area contributed by atoms with Gasteiger partial charge in [-0.2, -0.15) is 0 Å². The van der Waals surface area contributed by atoms with Crippen LogP contribution in [-0.2, 0) is 24.6 Å². The van der Waals surface area contributed by atoms with Crippen LogP contribution in [0.15, 0.2) is 24.3 Å². The van der Waals surface area contributed by atoms with Crippen molar-refractivity contribution in [3.8, 4) is 0 Å². The van der Waals surface area contributed by atoms with Crippen molar-refractivity contribution in [2.24, 2.45) is 5.73 Å². The van der Waals surface area contributed by atoms with Crippen LogP contribution in [0.3, 0.4) is 0 Å². The molecule has 0 saturated heterocycles. The van der Waals surface area contributed by atoms with Crippen LogP contribution in [-0.4, -0.2) is 31.1 Å². The van der Waals surface area contributed by atoms with Gasteiger partial charge in [-0.25, -0.2) is 0 Å². The van der Waals surface area contributed by atoms with Gasteiger partial charge in [0, 0.05) is 5.56 Å². The molecular formula is C16H25N2O5P. The average Bonchev–Trinajstić information content (AvgIpc) is 2.53. The van der Waals surface area contributed by atoms with Gasteiger partial charge in [0.25, 0.3) is 5.91 Å². The Bertz CT molecular complexity index is 593. The Balaban J connectivity index is 2.79. The molecule has 7 nitrogen and oxygen atoms in total. The molecular weight excluding hydrogens is 331 g/mol. The monoisotopic (exact) mass is 356 g/mol. The van der Waals surface area contributed by atoms with E-state index < -0.39 is 19.5 Å². The fraction of sp³-hybridized carbons (Fsp3) is 0.500. The summed E-state index contributed by atoms with van der Waals surface area (Å²) in [6, 6.07) is 5.87. The van der Waals surface area contributed by atoms with E-state index in [1.165, 1.54) is 0 Å². The number of amides is 2. The number of rotatable bonds is 10. The summed E-state index contributed by atoms with van der Waals surface area (Å²) >= 11 is 0. The van der Waals surface area contributed by atoms with Gasteiger partial charge in [-0.15, -0.1) is 0 Å². The number of primary amides is 1. The average molecular weight is 356 g/mol. The van der Waals surface area contributed by atoms with E-state index in [0.29, 0.717) is 25.2 Å². The fourth-order valence-electron chi connectivity index (χ4n) is 2.12. The first-order valence-corrected chi connectivity index (χ1v) is 9.65. The third-order valence-corrected chi connectivity index (χ3v) is 5.36. The van der Waals surface area contributed by atoms with Gasteiger partial charge in [0.05, 0.1) is 19.4 Å². The first-order valence-electron chi connectivity index (χ1n) is 7.92. The van der Waals surface area contributed by atoms with Crippen LogP contribution in [0.1, 0.15) is 43.1 Å². The molecule has 8 heteroatoms. The molecule has 1 rings (SSSR count). The highest BCUT2D eigenvalue weighted by Crippen LogP contribution is 2.51. The van der Waals surface area contributed by atoms with Crippen molar-refractivity contribution in [2.45, 2.75) is 39.4 Å². The zero-order chi connectivity index (χ0) is 18.2. The lowest BCUT2D eigenvalue weighted by Crippen LogP contribution is -2.43. The third-order valence-electron chi connectivity index (χ3n) is 3.30. The Morgan fingerprint density at radius 2 is 1.67 bits per heavy atom. The minimum absolute atomic E-state index is 0.134. The molecule has 1 atom stereocenters. The van der Waals surface area contributed by atoms with Crippen LogP contribution in [0.4, 0.5) is 0 Å². The van der Waals surface area contributed by atoms with Crippen LogP contribution in [0.2, 0.25) is 0 Å². The first-order chi connectivity index (χ1) is 11.3. The number of hydrogen-bond donors (Lipinski definition) is 2. The van der Waals surface area contributed by atoms with Crippen molar-refractivity contribution in [1.29, 1.82) is 0 Å². The molecule has 0 heterocycles. The second-order valence-electron chi connectivity index (χ2n) is 5.14. The quantitative estimate of drug-likeness (QED) is 0.626. The van der Waals surface area contributed by atoms with Gasteiger partial charge in [-0.1, -0.05) is 19.1 Å². The summed E-state index contributed by atoms with van der Waals surface area (Å²) in [4.78, 5) is 23.3. The predicted octanol–water partition coefficient (Wildman–Crippen LogP) is 2.45. The molecule has 0 aliphatic heterocycles. The highest BCUT2D eigenvalue weighted by molar-refractivity contribution is 7.53. The van der Waals surface area contributed by atoms with Crippen molar-refractivity contribution in [1.82, 2.24) is 5.32 Å². The van der Waals surface area contributed by atoms with Crippen LogP contribution < -0.4 is 11.1 Å². The van der Waals surface area contributed by atoms with Gasteiger partial charge in [-0.3, -0.25) is 14.2 Å². The Morgan fingerprint density at radius 1 is 1.12 bits per heavy atom. The molecule has 0 fully saturated rings. The molecule has 3 N–H and O–H groups in total. The minimum Gasteiger partial charge on any atom is -0.368 e. The van der Waals surface area contributed by atoms with Gasteiger partial charge in [0.2, 0.25) is 5.91 Å². The predicted molar refractivity (Wildman–Crippen MR) is 91.7 cm³/mol. The largest absolute Gasteiger partial charge is 0.368 e. The Morgan fingerprint density at radius 3 is 2.08 bits per heavy atom.